The van der Waals surface area contributed by atoms with Gasteiger partial charge in [-0.2, -0.15) is 10.4 Å². The van der Waals surface area contributed by atoms with Gasteiger partial charge in [0.1, 0.15) is 5.41 Å². The lowest BCUT2D eigenvalue weighted by Gasteiger charge is -2.33. The van der Waals surface area contributed by atoms with E-state index in [0.717, 1.165) is 18.4 Å². The third-order valence-electron chi connectivity index (χ3n) is 3.31. The molecule has 1 saturated carbocycles. The minimum atomic E-state index is -0.741. The molecule has 0 radical (unpaired) electrons. The van der Waals surface area contributed by atoms with Crippen molar-refractivity contribution in [3.8, 4) is 6.07 Å². The monoisotopic (exact) mass is 232 g/mol. The van der Waals surface area contributed by atoms with Crippen LogP contribution in [0.25, 0.3) is 0 Å². The average Bonchev–Trinajstić information content (AvgIpc) is 2.63. The molecule has 0 aliphatic heterocycles. The van der Waals surface area contributed by atoms with Crippen LogP contribution in [0.5, 0.6) is 0 Å². The van der Waals surface area contributed by atoms with Crippen LogP contribution < -0.4 is 5.32 Å². The van der Waals surface area contributed by atoms with Crippen molar-refractivity contribution in [2.75, 3.05) is 6.54 Å². The zero-order valence-electron chi connectivity index (χ0n) is 9.94. The first-order valence-corrected chi connectivity index (χ1v) is 5.83. The lowest BCUT2D eigenvalue weighted by Crippen LogP contribution is -2.45. The standard InChI is InChI=1S/C12H16N4O/c1-16-8-10(7-15-16)3-6-14-11(17)12(9-13)4-2-5-12/h7-8H,2-6H2,1H3,(H,14,17). The van der Waals surface area contributed by atoms with Crippen LogP contribution in [0.4, 0.5) is 0 Å². The van der Waals surface area contributed by atoms with Gasteiger partial charge in [-0.3, -0.25) is 9.48 Å². The van der Waals surface area contributed by atoms with E-state index in [1.54, 1.807) is 10.9 Å². The highest BCUT2D eigenvalue weighted by Gasteiger charge is 2.44. The van der Waals surface area contributed by atoms with Gasteiger partial charge in [0.2, 0.25) is 5.91 Å². The summed E-state index contributed by atoms with van der Waals surface area (Å²) in [5.74, 6) is -0.116. The molecule has 2 rings (SSSR count). The minimum absolute atomic E-state index is 0.116. The topological polar surface area (TPSA) is 70.7 Å². The van der Waals surface area contributed by atoms with Crippen LogP contribution in [0.1, 0.15) is 24.8 Å². The molecule has 1 aromatic heterocycles. The molecule has 1 aliphatic rings. The van der Waals surface area contributed by atoms with E-state index in [2.05, 4.69) is 16.5 Å². The Bertz CT molecular complexity index is 453. The Morgan fingerprint density at radius 3 is 2.94 bits per heavy atom. The molecule has 90 valence electrons. The molecular weight excluding hydrogens is 216 g/mol. The molecule has 0 bridgehead atoms. The van der Waals surface area contributed by atoms with Crippen molar-refractivity contribution >= 4 is 5.91 Å². The lowest BCUT2D eigenvalue weighted by atomic mass is 9.69. The Morgan fingerprint density at radius 2 is 2.47 bits per heavy atom. The largest absolute Gasteiger partial charge is 0.354 e. The summed E-state index contributed by atoms with van der Waals surface area (Å²) < 4.78 is 1.74. The summed E-state index contributed by atoms with van der Waals surface area (Å²) in [6.07, 6.45) is 6.83. The second-order valence-corrected chi connectivity index (χ2v) is 4.58. The summed E-state index contributed by atoms with van der Waals surface area (Å²) in [4.78, 5) is 11.8. The van der Waals surface area contributed by atoms with Crippen LogP contribution in [0.15, 0.2) is 12.4 Å². The second-order valence-electron chi connectivity index (χ2n) is 4.58. The van der Waals surface area contributed by atoms with Gasteiger partial charge < -0.3 is 5.32 Å². The number of aryl methyl sites for hydroxylation is 1. The fourth-order valence-corrected chi connectivity index (χ4v) is 2.01. The summed E-state index contributed by atoms with van der Waals surface area (Å²) in [6.45, 7) is 0.563. The number of nitrogens with zero attached hydrogens (tertiary/aromatic N) is 3. The Morgan fingerprint density at radius 1 is 1.71 bits per heavy atom. The highest BCUT2D eigenvalue weighted by Crippen LogP contribution is 2.40. The maximum Gasteiger partial charge on any atom is 0.240 e. The number of carbonyl (C=O) groups excluding carboxylic acids is 1. The van der Waals surface area contributed by atoms with E-state index in [9.17, 15) is 4.79 Å². The minimum Gasteiger partial charge on any atom is -0.354 e. The predicted octanol–water partition coefficient (Wildman–Crippen LogP) is 0.773. The van der Waals surface area contributed by atoms with Crippen LogP contribution in [0.2, 0.25) is 0 Å². The Balaban J connectivity index is 1.79. The number of rotatable bonds is 4. The van der Waals surface area contributed by atoms with E-state index in [-0.39, 0.29) is 5.91 Å². The molecule has 5 nitrogen and oxygen atoms in total. The third kappa shape index (κ3) is 2.31. The molecule has 0 spiro atoms. The molecule has 0 saturated heterocycles. The van der Waals surface area contributed by atoms with Crippen molar-refractivity contribution in [2.45, 2.75) is 25.7 Å². The van der Waals surface area contributed by atoms with Crippen molar-refractivity contribution in [1.29, 1.82) is 5.26 Å². The summed E-state index contributed by atoms with van der Waals surface area (Å²) in [7, 11) is 1.86. The predicted molar refractivity (Wildman–Crippen MR) is 61.8 cm³/mol. The number of nitriles is 1. The van der Waals surface area contributed by atoms with Gasteiger partial charge in [0, 0.05) is 19.8 Å². The van der Waals surface area contributed by atoms with Gasteiger partial charge >= 0.3 is 0 Å². The van der Waals surface area contributed by atoms with E-state index in [1.165, 1.54) is 0 Å². The van der Waals surface area contributed by atoms with E-state index < -0.39 is 5.41 Å². The number of carbonyl (C=O) groups is 1. The molecule has 1 fully saturated rings. The molecule has 0 unspecified atom stereocenters. The van der Waals surface area contributed by atoms with Crippen LogP contribution >= 0.6 is 0 Å². The summed E-state index contributed by atoms with van der Waals surface area (Å²) in [6, 6.07) is 2.14. The van der Waals surface area contributed by atoms with Crippen molar-refractivity contribution < 1.29 is 4.79 Å². The number of hydrogen-bond acceptors (Lipinski definition) is 3. The number of nitrogens with one attached hydrogen (secondary N) is 1. The second kappa shape index (κ2) is 4.58. The summed E-state index contributed by atoms with van der Waals surface area (Å²) >= 11 is 0. The number of aromatic nitrogens is 2. The van der Waals surface area contributed by atoms with Crippen LogP contribution in [-0.2, 0) is 18.3 Å². The van der Waals surface area contributed by atoms with Crippen molar-refractivity contribution in [3.05, 3.63) is 18.0 Å². The van der Waals surface area contributed by atoms with Gasteiger partial charge in [-0.05, 0) is 31.2 Å². The zero-order valence-corrected chi connectivity index (χ0v) is 9.94. The van der Waals surface area contributed by atoms with E-state index in [0.29, 0.717) is 19.4 Å². The van der Waals surface area contributed by atoms with Crippen molar-refractivity contribution in [3.63, 3.8) is 0 Å². The highest BCUT2D eigenvalue weighted by atomic mass is 16.2. The molecule has 5 heteroatoms. The Hall–Kier alpha value is -1.83. The molecule has 0 aromatic carbocycles. The zero-order chi connectivity index (χ0) is 12.3. The van der Waals surface area contributed by atoms with Crippen molar-refractivity contribution in [2.24, 2.45) is 12.5 Å². The van der Waals surface area contributed by atoms with Gasteiger partial charge in [0.25, 0.3) is 0 Å². The fourth-order valence-electron chi connectivity index (χ4n) is 2.01. The molecule has 1 aromatic rings. The molecule has 1 amide bonds. The van der Waals surface area contributed by atoms with Gasteiger partial charge in [-0.25, -0.2) is 0 Å². The van der Waals surface area contributed by atoms with E-state index in [1.807, 2.05) is 13.2 Å². The molecule has 1 N–H and O–H groups in total. The highest BCUT2D eigenvalue weighted by molar-refractivity contribution is 5.86. The first kappa shape index (κ1) is 11.6. The van der Waals surface area contributed by atoms with Crippen LogP contribution in [-0.4, -0.2) is 22.2 Å². The SMILES string of the molecule is Cn1cc(CCNC(=O)C2(C#N)CCC2)cn1. The number of amides is 1. The number of hydrogen-bond donors (Lipinski definition) is 1. The van der Waals surface area contributed by atoms with Crippen LogP contribution in [0, 0.1) is 16.7 Å². The third-order valence-corrected chi connectivity index (χ3v) is 3.31. The first-order valence-electron chi connectivity index (χ1n) is 5.83. The van der Waals surface area contributed by atoms with E-state index >= 15 is 0 Å². The van der Waals surface area contributed by atoms with Crippen molar-refractivity contribution in [1.82, 2.24) is 15.1 Å². The van der Waals surface area contributed by atoms with Crippen LogP contribution in [0.3, 0.4) is 0 Å². The maximum absolute atomic E-state index is 11.8. The molecule has 0 atom stereocenters. The fraction of sp³-hybridized carbons (Fsp3) is 0.583. The quantitative estimate of drug-likeness (QED) is 0.833. The summed E-state index contributed by atoms with van der Waals surface area (Å²) in [5.41, 5.74) is 0.349. The molecule has 1 heterocycles. The van der Waals surface area contributed by atoms with Gasteiger partial charge in [0.05, 0.1) is 12.3 Å². The van der Waals surface area contributed by atoms with E-state index in [4.69, 9.17) is 5.26 Å². The summed E-state index contributed by atoms with van der Waals surface area (Å²) in [5, 5.41) is 15.9. The average molecular weight is 232 g/mol. The normalized spacial score (nSPS) is 16.9. The lowest BCUT2D eigenvalue weighted by molar-refractivity contribution is -0.131. The molecule has 17 heavy (non-hydrogen) atoms. The molecule has 1 aliphatic carbocycles. The van der Waals surface area contributed by atoms with Gasteiger partial charge in [-0.15, -0.1) is 0 Å². The van der Waals surface area contributed by atoms with Gasteiger partial charge in [-0.1, -0.05) is 0 Å². The smallest absolute Gasteiger partial charge is 0.240 e. The molecular formula is C12H16N4O. The Labute approximate surface area is 100 Å². The maximum atomic E-state index is 11.8. The van der Waals surface area contributed by atoms with Gasteiger partial charge in [0.15, 0.2) is 0 Å². The Kier molecular flexibility index (Phi) is 3.14. The first-order chi connectivity index (χ1) is 8.16.